The van der Waals surface area contributed by atoms with Crippen LogP contribution in [0.2, 0.25) is 0 Å². The lowest BCUT2D eigenvalue weighted by Gasteiger charge is -2.26. The Bertz CT molecular complexity index is 523. The molecule has 0 atom stereocenters. The summed E-state index contributed by atoms with van der Waals surface area (Å²) in [4.78, 5) is 11.9. The van der Waals surface area contributed by atoms with Crippen LogP contribution in [-0.2, 0) is 4.74 Å². The van der Waals surface area contributed by atoms with Crippen molar-refractivity contribution in [1.29, 1.82) is 0 Å². The number of benzene rings is 1. The van der Waals surface area contributed by atoms with Crippen molar-refractivity contribution in [2.24, 2.45) is 0 Å². The quantitative estimate of drug-likeness (QED) is 0.801. The van der Waals surface area contributed by atoms with Crippen LogP contribution in [0.4, 0.5) is 20.6 Å². The molecule has 1 fully saturated rings. The van der Waals surface area contributed by atoms with E-state index in [-0.39, 0.29) is 11.9 Å². The van der Waals surface area contributed by atoms with Gasteiger partial charge in [-0.3, -0.25) is 5.32 Å². The number of nitrogens with one attached hydrogen (secondary N) is 3. The Morgan fingerprint density at radius 3 is 2.59 bits per heavy atom. The van der Waals surface area contributed by atoms with Crippen LogP contribution in [0.3, 0.4) is 0 Å². The summed E-state index contributed by atoms with van der Waals surface area (Å²) < 4.78 is 18.7. The molecule has 3 N–H and O–H groups in total. The fraction of sp³-hybridized carbons (Fsp3) is 0.562. The molecule has 6 heteroatoms. The summed E-state index contributed by atoms with van der Waals surface area (Å²) in [6.45, 7) is 7.26. The minimum Gasteiger partial charge on any atom is -0.444 e. The average Bonchev–Trinajstić information content (AvgIpc) is 2.41. The van der Waals surface area contributed by atoms with Crippen molar-refractivity contribution in [2.45, 2.75) is 45.3 Å². The normalized spacial score (nSPS) is 16.2. The molecule has 1 saturated heterocycles. The molecule has 1 amide bonds. The van der Waals surface area contributed by atoms with Crippen molar-refractivity contribution in [3.05, 3.63) is 24.0 Å². The summed E-state index contributed by atoms with van der Waals surface area (Å²) in [6.07, 6.45) is 1.37. The molecule has 2 rings (SSSR count). The SMILES string of the molecule is CC(C)(C)OC(=O)Nc1ccc(F)cc1NC1CCNCC1. The monoisotopic (exact) mass is 309 g/mol. The van der Waals surface area contributed by atoms with Crippen molar-refractivity contribution in [3.8, 4) is 0 Å². The van der Waals surface area contributed by atoms with Gasteiger partial charge in [-0.15, -0.1) is 0 Å². The highest BCUT2D eigenvalue weighted by atomic mass is 19.1. The summed E-state index contributed by atoms with van der Waals surface area (Å²) in [5.74, 6) is -0.342. The van der Waals surface area contributed by atoms with E-state index in [9.17, 15) is 9.18 Å². The third-order valence-electron chi connectivity index (χ3n) is 3.32. The van der Waals surface area contributed by atoms with Gasteiger partial charge in [-0.05, 0) is 64.9 Å². The zero-order valence-corrected chi connectivity index (χ0v) is 13.3. The highest BCUT2D eigenvalue weighted by molar-refractivity contribution is 5.89. The maximum Gasteiger partial charge on any atom is 0.412 e. The van der Waals surface area contributed by atoms with E-state index in [1.165, 1.54) is 12.1 Å². The van der Waals surface area contributed by atoms with Crippen molar-refractivity contribution < 1.29 is 13.9 Å². The fourth-order valence-corrected chi connectivity index (χ4v) is 2.34. The van der Waals surface area contributed by atoms with Crippen LogP contribution >= 0.6 is 0 Å². The lowest BCUT2D eigenvalue weighted by atomic mass is 10.1. The van der Waals surface area contributed by atoms with Gasteiger partial charge in [0.15, 0.2) is 0 Å². The third kappa shape index (κ3) is 5.18. The van der Waals surface area contributed by atoms with E-state index in [1.54, 1.807) is 26.8 Å². The smallest absolute Gasteiger partial charge is 0.412 e. The van der Waals surface area contributed by atoms with Crippen molar-refractivity contribution >= 4 is 17.5 Å². The lowest BCUT2D eigenvalue weighted by Crippen LogP contribution is -2.35. The maximum atomic E-state index is 13.5. The van der Waals surface area contributed by atoms with Gasteiger partial charge in [-0.25, -0.2) is 9.18 Å². The predicted octanol–water partition coefficient (Wildman–Crippen LogP) is 3.34. The molecule has 1 aromatic carbocycles. The van der Waals surface area contributed by atoms with E-state index in [1.807, 2.05) is 0 Å². The molecule has 122 valence electrons. The first-order valence-corrected chi connectivity index (χ1v) is 7.60. The number of halogens is 1. The number of hydrogen-bond donors (Lipinski definition) is 3. The minimum atomic E-state index is -0.577. The van der Waals surface area contributed by atoms with Gasteiger partial charge in [0.2, 0.25) is 0 Å². The van der Waals surface area contributed by atoms with E-state index < -0.39 is 11.7 Å². The van der Waals surface area contributed by atoms with Crippen molar-refractivity contribution in [2.75, 3.05) is 23.7 Å². The van der Waals surface area contributed by atoms with Gasteiger partial charge in [0, 0.05) is 6.04 Å². The average molecular weight is 309 g/mol. The topological polar surface area (TPSA) is 62.4 Å². The fourth-order valence-electron chi connectivity index (χ4n) is 2.34. The van der Waals surface area contributed by atoms with Gasteiger partial charge in [0.05, 0.1) is 11.4 Å². The van der Waals surface area contributed by atoms with Gasteiger partial charge < -0.3 is 15.4 Å². The number of amides is 1. The number of anilines is 2. The Morgan fingerprint density at radius 1 is 1.27 bits per heavy atom. The Hall–Kier alpha value is -1.82. The highest BCUT2D eigenvalue weighted by Crippen LogP contribution is 2.25. The molecule has 0 bridgehead atoms. The molecule has 1 aromatic rings. The van der Waals surface area contributed by atoms with Crippen LogP contribution in [0.1, 0.15) is 33.6 Å². The van der Waals surface area contributed by atoms with Crippen LogP contribution < -0.4 is 16.0 Å². The van der Waals surface area contributed by atoms with E-state index >= 15 is 0 Å². The number of piperidine rings is 1. The van der Waals surface area contributed by atoms with Crippen LogP contribution in [0.25, 0.3) is 0 Å². The Morgan fingerprint density at radius 2 is 1.95 bits per heavy atom. The summed E-state index contributed by atoms with van der Waals surface area (Å²) in [7, 11) is 0. The van der Waals surface area contributed by atoms with Gasteiger partial charge in [-0.2, -0.15) is 0 Å². The van der Waals surface area contributed by atoms with E-state index in [0.717, 1.165) is 25.9 Å². The second kappa shape index (κ2) is 6.96. The molecule has 1 aliphatic heterocycles. The van der Waals surface area contributed by atoms with Gasteiger partial charge in [0.1, 0.15) is 11.4 Å². The minimum absolute atomic E-state index is 0.266. The largest absolute Gasteiger partial charge is 0.444 e. The van der Waals surface area contributed by atoms with Crippen molar-refractivity contribution in [1.82, 2.24) is 5.32 Å². The standard InChI is InChI=1S/C16H24FN3O2/c1-16(2,3)22-15(21)20-13-5-4-11(17)10-14(13)19-12-6-8-18-9-7-12/h4-5,10,12,18-19H,6-9H2,1-3H3,(H,20,21). The molecule has 0 saturated carbocycles. The first-order valence-electron chi connectivity index (χ1n) is 7.60. The number of carbonyl (C=O) groups is 1. The molecular weight excluding hydrogens is 285 g/mol. The molecule has 5 nitrogen and oxygen atoms in total. The molecule has 22 heavy (non-hydrogen) atoms. The zero-order chi connectivity index (χ0) is 16.2. The lowest BCUT2D eigenvalue weighted by molar-refractivity contribution is 0.0636. The Kier molecular flexibility index (Phi) is 5.24. The molecule has 0 aliphatic carbocycles. The van der Waals surface area contributed by atoms with Gasteiger partial charge in [-0.1, -0.05) is 0 Å². The van der Waals surface area contributed by atoms with Crippen LogP contribution in [-0.4, -0.2) is 30.8 Å². The van der Waals surface area contributed by atoms with Gasteiger partial charge >= 0.3 is 6.09 Å². The van der Waals surface area contributed by atoms with Crippen LogP contribution in [0.15, 0.2) is 18.2 Å². The number of hydrogen-bond acceptors (Lipinski definition) is 4. The molecule has 1 aliphatic rings. The van der Waals surface area contributed by atoms with Gasteiger partial charge in [0.25, 0.3) is 0 Å². The van der Waals surface area contributed by atoms with E-state index in [2.05, 4.69) is 16.0 Å². The Balaban J connectivity index is 2.08. The number of ether oxygens (including phenoxy) is 1. The second-order valence-corrected chi connectivity index (χ2v) is 6.49. The Labute approximate surface area is 130 Å². The molecule has 0 spiro atoms. The number of rotatable bonds is 3. The third-order valence-corrected chi connectivity index (χ3v) is 3.32. The summed E-state index contributed by atoms with van der Waals surface area (Å²) in [5.41, 5.74) is 0.527. The number of carbonyl (C=O) groups excluding carboxylic acids is 1. The summed E-state index contributed by atoms with van der Waals surface area (Å²) in [6, 6.07) is 4.53. The summed E-state index contributed by atoms with van der Waals surface area (Å²) >= 11 is 0. The summed E-state index contributed by atoms with van der Waals surface area (Å²) in [5, 5.41) is 9.27. The van der Waals surface area contributed by atoms with E-state index in [0.29, 0.717) is 11.4 Å². The maximum absolute atomic E-state index is 13.5. The van der Waals surface area contributed by atoms with Crippen LogP contribution in [0, 0.1) is 5.82 Å². The van der Waals surface area contributed by atoms with Crippen molar-refractivity contribution in [3.63, 3.8) is 0 Å². The molecular formula is C16H24FN3O2. The predicted molar refractivity (Wildman–Crippen MR) is 85.8 cm³/mol. The molecule has 1 heterocycles. The highest BCUT2D eigenvalue weighted by Gasteiger charge is 2.19. The molecule has 0 radical (unpaired) electrons. The first kappa shape index (κ1) is 16.5. The molecule has 0 aromatic heterocycles. The second-order valence-electron chi connectivity index (χ2n) is 6.49. The van der Waals surface area contributed by atoms with E-state index in [4.69, 9.17) is 4.74 Å². The van der Waals surface area contributed by atoms with Crippen LogP contribution in [0.5, 0.6) is 0 Å². The molecule has 0 unspecified atom stereocenters. The first-order chi connectivity index (χ1) is 10.3. The zero-order valence-electron chi connectivity index (χ0n) is 13.3.